The first-order valence-electron chi connectivity index (χ1n) is 5.57. The summed E-state index contributed by atoms with van der Waals surface area (Å²) in [4.78, 5) is 6.62. The largest absolute Gasteiger partial charge is 0.329 e. The summed E-state index contributed by atoms with van der Waals surface area (Å²) in [6.07, 6.45) is 5.11. The average molecular weight is 239 g/mol. The summed E-state index contributed by atoms with van der Waals surface area (Å²) in [6, 6.07) is 6.47. The van der Waals surface area contributed by atoms with E-state index in [-0.39, 0.29) is 0 Å². The molecule has 0 aliphatic heterocycles. The fraction of sp³-hybridized carbons (Fsp3) is 0.583. The third-order valence-electron chi connectivity index (χ3n) is 2.69. The van der Waals surface area contributed by atoms with Crippen molar-refractivity contribution in [2.24, 2.45) is 5.73 Å². The van der Waals surface area contributed by atoms with Crippen LogP contribution in [0.3, 0.4) is 0 Å². The normalized spacial score (nSPS) is 13.0. The molecule has 1 rings (SSSR count). The van der Waals surface area contributed by atoms with Gasteiger partial charge < -0.3 is 5.73 Å². The van der Waals surface area contributed by atoms with Crippen molar-refractivity contribution < 1.29 is 0 Å². The van der Waals surface area contributed by atoms with Gasteiger partial charge in [0.25, 0.3) is 0 Å². The first-order valence-corrected chi connectivity index (χ1v) is 6.96. The first kappa shape index (κ1) is 13.5. The molecule has 1 atom stereocenters. The van der Waals surface area contributed by atoms with Crippen LogP contribution in [0.5, 0.6) is 0 Å². The van der Waals surface area contributed by atoms with Crippen LogP contribution in [-0.2, 0) is 6.54 Å². The van der Waals surface area contributed by atoms with Crippen molar-refractivity contribution in [3.8, 4) is 0 Å². The van der Waals surface area contributed by atoms with Crippen LogP contribution in [0.1, 0.15) is 12.1 Å². The molecule has 16 heavy (non-hydrogen) atoms. The molecule has 0 amide bonds. The molecule has 0 aliphatic rings. The van der Waals surface area contributed by atoms with Crippen molar-refractivity contribution in [3.63, 3.8) is 0 Å². The van der Waals surface area contributed by atoms with Crippen molar-refractivity contribution in [2.45, 2.75) is 19.0 Å². The van der Waals surface area contributed by atoms with Crippen LogP contribution in [-0.4, -0.2) is 41.5 Å². The van der Waals surface area contributed by atoms with Crippen molar-refractivity contribution in [1.82, 2.24) is 9.88 Å². The number of aromatic nitrogens is 1. The van der Waals surface area contributed by atoms with Crippen LogP contribution in [0.25, 0.3) is 0 Å². The minimum atomic E-state index is 0.453. The lowest BCUT2D eigenvalue weighted by Crippen LogP contribution is -2.38. The highest BCUT2D eigenvalue weighted by Gasteiger charge is 2.12. The van der Waals surface area contributed by atoms with Gasteiger partial charge in [0, 0.05) is 25.3 Å². The van der Waals surface area contributed by atoms with Crippen molar-refractivity contribution in [1.29, 1.82) is 0 Å². The van der Waals surface area contributed by atoms with E-state index >= 15 is 0 Å². The number of nitrogens with two attached hydrogens (primary N) is 1. The van der Waals surface area contributed by atoms with E-state index in [1.54, 1.807) is 0 Å². The van der Waals surface area contributed by atoms with Crippen molar-refractivity contribution in [2.75, 3.05) is 25.6 Å². The van der Waals surface area contributed by atoms with E-state index in [4.69, 9.17) is 5.73 Å². The zero-order chi connectivity index (χ0) is 11.8. The third-order valence-corrected chi connectivity index (χ3v) is 3.33. The quantitative estimate of drug-likeness (QED) is 0.784. The molecule has 0 radical (unpaired) electrons. The molecule has 3 nitrogen and oxygen atoms in total. The van der Waals surface area contributed by atoms with Gasteiger partial charge in [0.05, 0.1) is 5.69 Å². The zero-order valence-electron chi connectivity index (χ0n) is 10.1. The van der Waals surface area contributed by atoms with Gasteiger partial charge in [-0.15, -0.1) is 0 Å². The predicted octanol–water partition coefficient (Wildman–Crippen LogP) is 1.59. The second-order valence-electron chi connectivity index (χ2n) is 3.91. The monoisotopic (exact) mass is 239 g/mol. The molecule has 0 aromatic carbocycles. The van der Waals surface area contributed by atoms with Crippen LogP contribution in [0.15, 0.2) is 24.4 Å². The fourth-order valence-electron chi connectivity index (χ4n) is 1.65. The van der Waals surface area contributed by atoms with Gasteiger partial charge in [0.2, 0.25) is 0 Å². The Morgan fingerprint density at radius 1 is 1.50 bits per heavy atom. The van der Waals surface area contributed by atoms with Gasteiger partial charge in [-0.05, 0) is 37.6 Å². The summed E-state index contributed by atoms with van der Waals surface area (Å²) in [5, 5.41) is 0. The Bertz CT molecular complexity index is 279. The second-order valence-corrected chi connectivity index (χ2v) is 4.89. The molecule has 0 aliphatic carbocycles. The first-order chi connectivity index (χ1) is 7.77. The minimum absolute atomic E-state index is 0.453. The molecule has 1 heterocycles. The maximum atomic E-state index is 5.80. The van der Waals surface area contributed by atoms with Crippen LogP contribution in [0, 0.1) is 0 Å². The van der Waals surface area contributed by atoms with Crippen LogP contribution in [0.2, 0.25) is 0 Å². The van der Waals surface area contributed by atoms with E-state index in [9.17, 15) is 0 Å². The summed E-state index contributed by atoms with van der Waals surface area (Å²) in [7, 11) is 2.12. The molecule has 1 aromatic rings. The van der Waals surface area contributed by atoms with Gasteiger partial charge in [-0.3, -0.25) is 9.88 Å². The van der Waals surface area contributed by atoms with Crippen molar-refractivity contribution >= 4 is 11.8 Å². The smallest absolute Gasteiger partial charge is 0.0543 e. The van der Waals surface area contributed by atoms with Gasteiger partial charge in [0.1, 0.15) is 0 Å². The maximum Gasteiger partial charge on any atom is 0.0543 e. The maximum absolute atomic E-state index is 5.80. The molecule has 0 saturated heterocycles. The summed E-state index contributed by atoms with van der Waals surface area (Å²) >= 11 is 1.87. The zero-order valence-corrected chi connectivity index (χ0v) is 10.9. The highest BCUT2D eigenvalue weighted by atomic mass is 32.2. The highest BCUT2D eigenvalue weighted by molar-refractivity contribution is 7.98. The lowest BCUT2D eigenvalue weighted by atomic mass is 10.2. The molecule has 0 bridgehead atoms. The molecule has 0 spiro atoms. The van der Waals surface area contributed by atoms with Crippen LogP contribution in [0.4, 0.5) is 0 Å². The minimum Gasteiger partial charge on any atom is -0.329 e. The average Bonchev–Trinajstić information content (AvgIpc) is 2.31. The summed E-state index contributed by atoms with van der Waals surface area (Å²) in [5.41, 5.74) is 6.90. The predicted molar refractivity (Wildman–Crippen MR) is 71.5 cm³/mol. The number of nitrogens with zero attached hydrogens (tertiary/aromatic N) is 2. The van der Waals surface area contributed by atoms with Crippen molar-refractivity contribution in [3.05, 3.63) is 30.1 Å². The number of rotatable bonds is 7. The summed E-state index contributed by atoms with van der Waals surface area (Å²) < 4.78 is 0. The van der Waals surface area contributed by atoms with E-state index < -0.39 is 0 Å². The lowest BCUT2D eigenvalue weighted by Gasteiger charge is -2.26. The van der Waals surface area contributed by atoms with Gasteiger partial charge >= 0.3 is 0 Å². The molecule has 4 heteroatoms. The Hall–Kier alpha value is -0.580. The van der Waals surface area contributed by atoms with E-state index in [0.717, 1.165) is 24.4 Å². The molecule has 2 N–H and O–H groups in total. The Labute approximate surface area is 102 Å². The lowest BCUT2D eigenvalue weighted by molar-refractivity contribution is 0.231. The van der Waals surface area contributed by atoms with Gasteiger partial charge in [-0.1, -0.05) is 6.07 Å². The summed E-state index contributed by atoms with van der Waals surface area (Å²) in [6.45, 7) is 1.58. The molecular weight excluding hydrogens is 218 g/mol. The SMILES string of the molecule is CSCCC(CN)N(C)Cc1ccccn1. The van der Waals surface area contributed by atoms with E-state index in [1.807, 2.05) is 30.1 Å². The Morgan fingerprint density at radius 3 is 2.88 bits per heavy atom. The Balaban J connectivity index is 2.46. The number of hydrogen-bond acceptors (Lipinski definition) is 4. The fourth-order valence-corrected chi connectivity index (χ4v) is 2.16. The molecular formula is C12H21N3S. The van der Waals surface area contributed by atoms with Gasteiger partial charge in [-0.2, -0.15) is 11.8 Å². The number of pyridine rings is 1. The molecule has 90 valence electrons. The van der Waals surface area contributed by atoms with Crippen LogP contribution >= 0.6 is 11.8 Å². The highest BCUT2D eigenvalue weighted by Crippen LogP contribution is 2.08. The Morgan fingerprint density at radius 2 is 2.31 bits per heavy atom. The van der Waals surface area contributed by atoms with E-state index in [2.05, 4.69) is 29.3 Å². The van der Waals surface area contributed by atoms with Gasteiger partial charge in [0.15, 0.2) is 0 Å². The molecule has 0 saturated carbocycles. The standard InChI is InChI=1S/C12H21N3S/c1-15(12(9-13)6-8-16-2)10-11-5-3-4-7-14-11/h3-5,7,12H,6,8-10,13H2,1-2H3. The Kier molecular flexibility index (Phi) is 6.45. The third kappa shape index (κ3) is 4.51. The van der Waals surface area contributed by atoms with E-state index in [1.165, 1.54) is 0 Å². The number of likely N-dealkylation sites (N-methyl/N-ethyl adjacent to an activating group) is 1. The van der Waals surface area contributed by atoms with Gasteiger partial charge in [-0.25, -0.2) is 0 Å². The molecule has 1 aromatic heterocycles. The number of hydrogen-bond donors (Lipinski definition) is 1. The topological polar surface area (TPSA) is 42.1 Å². The van der Waals surface area contributed by atoms with Crippen LogP contribution < -0.4 is 5.73 Å². The summed E-state index contributed by atoms with van der Waals surface area (Å²) in [5.74, 6) is 1.16. The van der Waals surface area contributed by atoms with E-state index in [0.29, 0.717) is 12.6 Å². The second kappa shape index (κ2) is 7.65. The molecule has 0 fully saturated rings. The number of thioether (sulfide) groups is 1. The molecule has 1 unspecified atom stereocenters.